The lowest BCUT2D eigenvalue weighted by atomic mass is 10.1. The van der Waals surface area contributed by atoms with Crippen LogP contribution in [-0.2, 0) is 10.5 Å². The summed E-state index contributed by atoms with van der Waals surface area (Å²) in [7, 11) is 0. The molecule has 0 radical (unpaired) electrons. The number of carbonyl (C=O) groups is 1. The number of nitrogens with zero attached hydrogens (tertiary/aromatic N) is 3. The SMILES string of the molecule is C/C(=N/NC(=O)CSc1nnc(SCc2ccc(C)cc2)s1)c1ccc(Br)cc1. The Bertz CT molecular complexity index is 988. The van der Waals surface area contributed by atoms with Gasteiger partial charge in [0, 0.05) is 10.2 Å². The highest BCUT2D eigenvalue weighted by atomic mass is 79.9. The van der Waals surface area contributed by atoms with E-state index < -0.39 is 0 Å². The minimum atomic E-state index is -0.171. The number of hydrogen-bond donors (Lipinski definition) is 1. The predicted octanol–water partition coefficient (Wildman–Crippen LogP) is 5.53. The fraction of sp³-hybridized carbons (Fsp3) is 0.200. The van der Waals surface area contributed by atoms with Crippen LogP contribution in [0, 0.1) is 6.92 Å². The molecule has 0 saturated carbocycles. The Labute approximate surface area is 190 Å². The highest BCUT2D eigenvalue weighted by Gasteiger charge is 2.09. The van der Waals surface area contributed by atoms with Crippen molar-refractivity contribution >= 4 is 62.4 Å². The van der Waals surface area contributed by atoms with Gasteiger partial charge >= 0.3 is 0 Å². The normalized spacial score (nSPS) is 11.5. The molecule has 0 fully saturated rings. The van der Waals surface area contributed by atoms with Gasteiger partial charge in [-0.25, -0.2) is 5.43 Å². The molecule has 1 amide bonds. The average Bonchev–Trinajstić information content (AvgIpc) is 3.18. The molecule has 3 rings (SSSR count). The minimum Gasteiger partial charge on any atom is -0.272 e. The second kappa shape index (κ2) is 10.9. The van der Waals surface area contributed by atoms with Crippen LogP contribution >= 0.6 is 50.8 Å². The van der Waals surface area contributed by atoms with Gasteiger partial charge in [-0.3, -0.25) is 4.79 Å². The average molecular weight is 508 g/mol. The Morgan fingerprint density at radius 2 is 1.72 bits per heavy atom. The molecule has 0 aliphatic rings. The van der Waals surface area contributed by atoms with Crippen LogP contribution in [0.5, 0.6) is 0 Å². The van der Waals surface area contributed by atoms with Crippen LogP contribution in [0.15, 0.2) is 66.8 Å². The van der Waals surface area contributed by atoms with E-state index in [-0.39, 0.29) is 11.7 Å². The highest BCUT2D eigenvalue weighted by Crippen LogP contribution is 2.30. The van der Waals surface area contributed by atoms with Gasteiger partial charge < -0.3 is 0 Å². The molecule has 29 heavy (non-hydrogen) atoms. The zero-order chi connectivity index (χ0) is 20.6. The first-order chi connectivity index (χ1) is 14.0. The standard InChI is InChI=1S/C20H19BrN4OS3/c1-13-3-5-15(6-4-13)11-27-19-24-25-20(29-19)28-12-18(26)23-22-14(2)16-7-9-17(21)10-8-16/h3-10H,11-12H2,1-2H3,(H,23,26)/b22-14-. The lowest BCUT2D eigenvalue weighted by molar-refractivity contribution is -0.118. The van der Waals surface area contributed by atoms with Crippen molar-refractivity contribution in [1.82, 2.24) is 15.6 Å². The molecule has 0 aliphatic carbocycles. The lowest BCUT2D eigenvalue weighted by Crippen LogP contribution is -2.21. The quantitative estimate of drug-likeness (QED) is 0.247. The number of hydrogen-bond acceptors (Lipinski definition) is 7. The van der Waals surface area contributed by atoms with Crippen LogP contribution < -0.4 is 5.43 Å². The Hall–Kier alpha value is -1.68. The van der Waals surface area contributed by atoms with E-state index in [4.69, 9.17) is 0 Å². The predicted molar refractivity (Wildman–Crippen MR) is 126 cm³/mol. The summed E-state index contributed by atoms with van der Waals surface area (Å²) in [6.45, 7) is 3.94. The van der Waals surface area contributed by atoms with E-state index in [0.29, 0.717) is 0 Å². The van der Waals surface area contributed by atoms with Gasteiger partial charge in [-0.2, -0.15) is 5.10 Å². The van der Waals surface area contributed by atoms with E-state index in [1.807, 2.05) is 31.2 Å². The summed E-state index contributed by atoms with van der Waals surface area (Å²) in [6, 6.07) is 16.2. The zero-order valence-electron chi connectivity index (χ0n) is 15.9. The first-order valence-electron chi connectivity index (χ1n) is 8.73. The van der Waals surface area contributed by atoms with Crippen molar-refractivity contribution in [1.29, 1.82) is 0 Å². The van der Waals surface area contributed by atoms with Crippen LogP contribution in [0.4, 0.5) is 0 Å². The molecule has 1 N–H and O–H groups in total. The molecule has 0 bridgehead atoms. The van der Waals surface area contributed by atoms with Crippen molar-refractivity contribution in [3.8, 4) is 0 Å². The van der Waals surface area contributed by atoms with Crippen molar-refractivity contribution < 1.29 is 4.79 Å². The third-order valence-electron chi connectivity index (χ3n) is 3.81. The van der Waals surface area contributed by atoms with Gasteiger partial charge in [-0.05, 0) is 37.1 Å². The Kier molecular flexibility index (Phi) is 8.29. The Morgan fingerprint density at radius 3 is 2.41 bits per heavy atom. The number of aryl methyl sites for hydroxylation is 1. The fourth-order valence-corrected chi connectivity index (χ4v) is 5.24. The Balaban J connectivity index is 1.43. The van der Waals surface area contributed by atoms with E-state index in [9.17, 15) is 4.79 Å². The lowest BCUT2D eigenvalue weighted by Gasteiger charge is -2.02. The maximum absolute atomic E-state index is 12.1. The molecule has 0 spiro atoms. The maximum Gasteiger partial charge on any atom is 0.250 e. The third-order valence-corrected chi connectivity index (χ3v) is 7.60. The van der Waals surface area contributed by atoms with Gasteiger partial charge in [0.15, 0.2) is 8.68 Å². The first kappa shape index (κ1) is 22.0. The minimum absolute atomic E-state index is 0.171. The smallest absolute Gasteiger partial charge is 0.250 e. The van der Waals surface area contributed by atoms with E-state index >= 15 is 0 Å². The van der Waals surface area contributed by atoms with E-state index in [2.05, 4.69) is 67.8 Å². The summed E-state index contributed by atoms with van der Waals surface area (Å²) < 4.78 is 2.68. The summed E-state index contributed by atoms with van der Waals surface area (Å²) in [4.78, 5) is 12.1. The third kappa shape index (κ3) is 7.26. The van der Waals surface area contributed by atoms with Gasteiger partial charge in [0.2, 0.25) is 0 Å². The number of halogens is 1. The number of thioether (sulfide) groups is 2. The summed E-state index contributed by atoms with van der Waals surface area (Å²) >= 11 is 7.92. The number of benzene rings is 2. The van der Waals surface area contributed by atoms with Crippen LogP contribution in [-0.4, -0.2) is 27.6 Å². The molecule has 3 aromatic rings. The highest BCUT2D eigenvalue weighted by molar-refractivity contribution is 9.10. The second-order valence-corrected chi connectivity index (χ2v) is 10.5. The van der Waals surface area contributed by atoms with Crippen LogP contribution in [0.3, 0.4) is 0 Å². The van der Waals surface area contributed by atoms with Crippen LogP contribution in [0.1, 0.15) is 23.6 Å². The zero-order valence-corrected chi connectivity index (χ0v) is 19.9. The topological polar surface area (TPSA) is 67.2 Å². The van der Waals surface area contributed by atoms with Crippen LogP contribution in [0.2, 0.25) is 0 Å². The van der Waals surface area contributed by atoms with E-state index in [1.165, 1.54) is 34.2 Å². The summed E-state index contributed by atoms with van der Waals surface area (Å²) in [6.07, 6.45) is 0. The fourth-order valence-electron chi connectivity index (χ4n) is 2.20. The number of carbonyl (C=O) groups excluding carboxylic acids is 1. The summed E-state index contributed by atoms with van der Waals surface area (Å²) in [5.74, 6) is 0.925. The Morgan fingerprint density at radius 1 is 1.07 bits per heavy atom. The molecule has 1 heterocycles. The maximum atomic E-state index is 12.1. The molecule has 0 atom stereocenters. The van der Waals surface area contributed by atoms with Gasteiger partial charge in [0.1, 0.15) is 0 Å². The molecule has 0 aliphatic heterocycles. The second-order valence-electron chi connectivity index (χ2n) is 6.14. The molecule has 150 valence electrons. The monoisotopic (exact) mass is 506 g/mol. The molecule has 0 saturated heterocycles. The number of nitrogens with one attached hydrogen (secondary N) is 1. The summed E-state index contributed by atoms with van der Waals surface area (Å²) in [5.41, 5.74) is 6.81. The van der Waals surface area contributed by atoms with E-state index in [0.717, 1.165) is 30.2 Å². The first-order valence-corrected chi connectivity index (χ1v) is 12.3. The van der Waals surface area contributed by atoms with Crippen LogP contribution in [0.25, 0.3) is 0 Å². The molecule has 2 aromatic carbocycles. The number of hydrazone groups is 1. The summed E-state index contributed by atoms with van der Waals surface area (Å²) in [5, 5.41) is 12.5. The van der Waals surface area contributed by atoms with E-state index in [1.54, 1.807) is 11.8 Å². The molecule has 9 heteroatoms. The molecule has 1 aromatic heterocycles. The van der Waals surface area contributed by atoms with Crippen molar-refractivity contribution in [3.63, 3.8) is 0 Å². The van der Waals surface area contributed by atoms with Gasteiger partial charge in [-0.15, -0.1) is 10.2 Å². The van der Waals surface area contributed by atoms with Crippen molar-refractivity contribution in [2.45, 2.75) is 28.3 Å². The number of aromatic nitrogens is 2. The van der Waals surface area contributed by atoms with Gasteiger partial charge in [-0.1, -0.05) is 92.8 Å². The van der Waals surface area contributed by atoms with Gasteiger partial charge in [0.25, 0.3) is 5.91 Å². The van der Waals surface area contributed by atoms with Gasteiger partial charge in [0.05, 0.1) is 11.5 Å². The number of amides is 1. The number of rotatable bonds is 8. The molecular formula is C20H19BrN4OS3. The molecule has 5 nitrogen and oxygen atoms in total. The van der Waals surface area contributed by atoms with Crippen molar-refractivity contribution in [2.75, 3.05) is 5.75 Å². The van der Waals surface area contributed by atoms with Crippen molar-refractivity contribution in [3.05, 3.63) is 69.7 Å². The molecular weight excluding hydrogens is 488 g/mol. The molecule has 0 unspecified atom stereocenters. The largest absolute Gasteiger partial charge is 0.272 e. The van der Waals surface area contributed by atoms with Crippen molar-refractivity contribution in [2.24, 2.45) is 5.10 Å².